The van der Waals surface area contributed by atoms with Crippen LogP contribution in [0.4, 0.5) is 0 Å². The maximum Gasteiger partial charge on any atom is 0.191 e. The number of halogens is 1. The molecule has 1 heterocycles. The first-order chi connectivity index (χ1) is 14.1. The number of nitrogens with zero attached hydrogens (tertiary/aromatic N) is 4. The number of nitrogens with one attached hydrogen (secondary N) is 2. The number of aliphatic imine (C=N–C) groups is 1. The molecule has 0 spiro atoms. The van der Waals surface area contributed by atoms with Crippen molar-refractivity contribution in [3.8, 4) is 5.75 Å². The molecule has 0 unspecified atom stereocenters. The molecule has 0 atom stereocenters. The summed E-state index contributed by atoms with van der Waals surface area (Å²) < 4.78 is 7.70. The summed E-state index contributed by atoms with van der Waals surface area (Å²) in [6.45, 7) is 6.99. The van der Waals surface area contributed by atoms with Crippen LogP contribution in [0.1, 0.15) is 37.0 Å². The second kappa shape index (κ2) is 15.3. The van der Waals surface area contributed by atoms with Crippen LogP contribution in [-0.2, 0) is 20.0 Å². The summed E-state index contributed by atoms with van der Waals surface area (Å²) in [5.74, 6) is 4.63. The zero-order chi connectivity index (χ0) is 20.9. The lowest BCUT2D eigenvalue weighted by molar-refractivity contribution is 0.317. The molecule has 0 amide bonds. The van der Waals surface area contributed by atoms with Gasteiger partial charge in [0, 0.05) is 20.1 Å². The molecule has 0 aliphatic heterocycles. The van der Waals surface area contributed by atoms with Crippen molar-refractivity contribution in [2.75, 3.05) is 31.7 Å². The summed E-state index contributed by atoms with van der Waals surface area (Å²) in [4.78, 5) is 4.69. The van der Waals surface area contributed by atoms with Crippen molar-refractivity contribution in [1.82, 2.24) is 25.4 Å². The lowest BCUT2D eigenvalue weighted by Gasteiger charge is -2.13. The van der Waals surface area contributed by atoms with Gasteiger partial charge in [0.2, 0.25) is 0 Å². The lowest BCUT2D eigenvalue weighted by Crippen LogP contribution is -2.39. The fraction of sp³-hybridized carbons (Fsp3) is 0.571. The molecule has 7 nitrogen and oxygen atoms in total. The fourth-order valence-corrected chi connectivity index (χ4v) is 3.11. The summed E-state index contributed by atoms with van der Waals surface area (Å²) in [7, 11) is 1.97. The van der Waals surface area contributed by atoms with E-state index < -0.39 is 0 Å². The molecule has 2 rings (SSSR count). The number of hydrogen-bond donors (Lipinski definition) is 2. The Kier molecular flexibility index (Phi) is 13.6. The van der Waals surface area contributed by atoms with Gasteiger partial charge < -0.3 is 19.9 Å². The van der Waals surface area contributed by atoms with Gasteiger partial charge >= 0.3 is 0 Å². The SMILES string of the molecule is CCCOc1cccc(CCNC(=NCc2nnc(C)n2C)NCCCSC)c1.I. The highest BCUT2D eigenvalue weighted by atomic mass is 127. The number of aromatic nitrogens is 3. The average Bonchev–Trinajstić information content (AvgIpc) is 3.05. The minimum Gasteiger partial charge on any atom is -0.494 e. The molecular weight excluding hydrogens is 511 g/mol. The van der Waals surface area contributed by atoms with Crippen LogP contribution in [0.25, 0.3) is 0 Å². The number of benzene rings is 1. The molecule has 2 aromatic rings. The van der Waals surface area contributed by atoms with E-state index in [1.54, 1.807) is 0 Å². The van der Waals surface area contributed by atoms with Gasteiger partial charge in [0.15, 0.2) is 11.8 Å². The molecule has 168 valence electrons. The van der Waals surface area contributed by atoms with Crippen molar-refractivity contribution in [2.24, 2.45) is 12.0 Å². The highest BCUT2D eigenvalue weighted by molar-refractivity contribution is 14.0. The van der Waals surface area contributed by atoms with E-state index in [2.05, 4.69) is 46.1 Å². The van der Waals surface area contributed by atoms with E-state index in [1.165, 1.54) is 5.56 Å². The van der Waals surface area contributed by atoms with Crippen LogP contribution in [0.5, 0.6) is 5.75 Å². The predicted molar refractivity (Wildman–Crippen MR) is 137 cm³/mol. The van der Waals surface area contributed by atoms with Gasteiger partial charge in [-0.15, -0.1) is 34.2 Å². The van der Waals surface area contributed by atoms with E-state index in [0.717, 1.165) is 68.1 Å². The third-order valence-electron chi connectivity index (χ3n) is 4.46. The lowest BCUT2D eigenvalue weighted by atomic mass is 10.1. The Morgan fingerprint density at radius 3 is 2.73 bits per heavy atom. The van der Waals surface area contributed by atoms with E-state index in [-0.39, 0.29) is 24.0 Å². The van der Waals surface area contributed by atoms with E-state index in [0.29, 0.717) is 6.54 Å². The number of rotatable bonds is 12. The van der Waals surface area contributed by atoms with Crippen LogP contribution in [-0.4, -0.2) is 52.4 Å². The van der Waals surface area contributed by atoms with Crippen LogP contribution in [0, 0.1) is 6.92 Å². The Hall–Kier alpha value is -1.49. The Labute approximate surface area is 201 Å². The maximum absolute atomic E-state index is 5.73. The second-order valence-electron chi connectivity index (χ2n) is 6.83. The predicted octanol–water partition coefficient (Wildman–Crippen LogP) is 3.56. The molecule has 0 aliphatic rings. The molecular formula is C21H35IN6OS. The van der Waals surface area contributed by atoms with E-state index in [9.17, 15) is 0 Å². The van der Waals surface area contributed by atoms with Crippen molar-refractivity contribution < 1.29 is 4.74 Å². The molecule has 0 saturated carbocycles. The van der Waals surface area contributed by atoms with Crippen molar-refractivity contribution in [3.05, 3.63) is 41.5 Å². The first-order valence-corrected chi connectivity index (χ1v) is 11.6. The van der Waals surface area contributed by atoms with Crippen LogP contribution < -0.4 is 15.4 Å². The van der Waals surface area contributed by atoms with Crippen molar-refractivity contribution >= 4 is 41.7 Å². The van der Waals surface area contributed by atoms with Crippen molar-refractivity contribution in [1.29, 1.82) is 0 Å². The molecule has 1 aromatic heterocycles. The number of guanidine groups is 1. The molecule has 2 N–H and O–H groups in total. The molecule has 0 saturated heterocycles. The largest absolute Gasteiger partial charge is 0.494 e. The monoisotopic (exact) mass is 546 g/mol. The second-order valence-corrected chi connectivity index (χ2v) is 7.82. The summed E-state index contributed by atoms with van der Waals surface area (Å²) in [6, 6.07) is 8.30. The molecule has 1 aromatic carbocycles. The van der Waals surface area contributed by atoms with E-state index in [1.807, 2.05) is 42.4 Å². The third-order valence-corrected chi connectivity index (χ3v) is 5.15. The first-order valence-electron chi connectivity index (χ1n) is 10.2. The normalized spacial score (nSPS) is 11.1. The van der Waals surface area contributed by atoms with Crippen molar-refractivity contribution in [2.45, 2.75) is 39.7 Å². The Morgan fingerprint density at radius 1 is 1.23 bits per heavy atom. The van der Waals surface area contributed by atoms with Gasteiger partial charge in [-0.2, -0.15) is 11.8 Å². The molecule has 30 heavy (non-hydrogen) atoms. The van der Waals surface area contributed by atoms with Gasteiger partial charge in [-0.1, -0.05) is 19.1 Å². The first kappa shape index (κ1) is 26.5. The van der Waals surface area contributed by atoms with Crippen LogP contribution in [0.3, 0.4) is 0 Å². The van der Waals surface area contributed by atoms with Gasteiger partial charge in [-0.05, 0) is 55.9 Å². The van der Waals surface area contributed by atoms with Gasteiger partial charge in [0.05, 0.1) is 6.61 Å². The fourth-order valence-electron chi connectivity index (χ4n) is 2.67. The number of hydrogen-bond acceptors (Lipinski definition) is 5. The van der Waals surface area contributed by atoms with Crippen LogP contribution >= 0.6 is 35.7 Å². The smallest absolute Gasteiger partial charge is 0.191 e. The standard InChI is InChI=1S/C21H34N6OS.HI/c1-5-13-28-19-9-6-8-18(15-19)10-12-23-21(22-11-7-14-29-4)24-16-20-26-25-17(2)27(20)3;/h6,8-9,15H,5,7,10-14,16H2,1-4H3,(H2,22,23,24);1H. The number of ether oxygens (including phenoxy) is 1. The van der Waals surface area contributed by atoms with Crippen molar-refractivity contribution in [3.63, 3.8) is 0 Å². The number of thioether (sulfide) groups is 1. The molecule has 0 aliphatic carbocycles. The van der Waals surface area contributed by atoms with E-state index >= 15 is 0 Å². The molecule has 9 heteroatoms. The van der Waals surface area contributed by atoms with Gasteiger partial charge in [-0.3, -0.25) is 0 Å². The Morgan fingerprint density at radius 2 is 2.03 bits per heavy atom. The molecule has 0 bridgehead atoms. The molecule has 0 radical (unpaired) electrons. The van der Waals surface area contributed by atoms with Gasteiger partial charge in [-0.25, -0.2) is 4.99 Å². The van der Waals surface area contributed by atoms with Gasteiger partial charge in [0.1, 0.15) is 18.1 Å². The highest BCUT2D eigenvalue weighted by Gasteiger charge is 2.05. The van der Waals surface area contributed by atoms with E-state index in [4.69, 9.17) is 9.73 Å². The summed E-state index contributed by atoms with van der Waals surface area (Å²) in [5.41, 5.74) is 1.25. The third kappa shape index (κ3) is 9.55. The summed E-state index contributed by atoms with van der Waals surface area (Å²) in [5, 5.41) is 15.2. The van der Waals surface area contributed by atoms with Crippen LogP contribution in [0.2, 0.25) is 0 Å². The summed E-state index contributed by atoms with van der Waals surface area (Å²) in [6.07, 6.45) is 5.14. The highest BCUT2D eigenvalue weighted by Crippen LogP contribution is 2.13. The molecule has 0 fully saturated rings. The number of aryl methyl sites for hydroxylation is 1. The van der Waals surface area contributed by atoms with Gasteiger partial charge in [0.25, 0.3) is 0 Å². The quantitative estimate of drug-likeness (QED) is 0.184. The minimum absolute atomic E-state index is 0. The Balaban J connectivity index is 0.00000450. The van der Waals surface area contributed by atoms with Crippen LogP contribution in [0.15, 0.2) is 29.3 Å². The average molecular weight is 547 g/mol. The topological polar surface area (TPSA) is 76.4 Å². The zero-order valence-corrected chi connectivity index (χ0v) is 21.6. The zero-order valence-electron chi connectivity index (χ0n) is 18.5. The maximum atomic E-state index is 5.73. The minimum atomic E-state index is 0. The Bertz CT molecular complexity index is 768. The summed E-state index contributed by atoms with van der Waals surface area (Å²) >= 11 is 1.86.